The fourth-order valence-electron chi connectivity index (χ4n) is 2.67. The lowest BCUT2D eigenvalue weighted by atomic mass is 9.93. The smallest absolute Gasteiger partial charge is 0.0702 e. The largest absolute Gasteiger partial charge is 0.390 e. The summed E-state index contributed by atoms with van der Waals surface area (Å²) in [6, 6.07) is 10.5. The first-order valence-corrected chi connectivity index (χ1v) is 6.91. The molecular weight excluding hydrogens is 236 g/mol. The van der Waals surface area contributed by atoms with Gasteiger partial charge >= 0.3 is 0 Å². The van der Waals surface area contributed by atoms with Crippen molar-refractivity contribution in [2.45, 2.75) is 31.9 Å². The summed E-state index contributed by atoms with van der Waals surface area (Å²) in [6.07, 6.45) is 3.55. The number of rotatable bonds is 2. The van der Waals surface area contributed by atoms with Gasteiger partial charge in [-0.2, -0.15) is 0 Å². The zero-order valence-electron chi connectivity index (χ0n) is 11.3. The molecule has 0 unspecified atom stereocenters. The summed E-state index contributed by atoms with van der Waals surface area (Å²) in [4.78, 5) is 6.75. The Balaban J connectivity index is 1.72. The van der Waals surface area contributed by atoms with Crippen LogP contribution in [0.2, 0.25) is 0 Å². The van der Waals surface area contributed by atoms with Crippen LogP contribution in [0.3, 0.4) is 0 Å². The second-order valence-corrected chi connectivity index (χ2v) is 5.80. The van der Waals surface area contributed by atoms with Crippen molar-refractivity contribution in [3.63, 3.8) is 0 Å². The average molecular weight is 256 g/mol. The van der Waals surface area contributed by atoms with Gasteiger partial charge < -0.3 is 5.11 Å². The fourth-order valence-corrected chi connectivity index (χ4v) is 2.67. The average Bonchev–Trinajstić information content (AvgIpc) is 2.41. The number of nitrogens with zero attached hydrogens (tertiary/aromatic N) is 2. The third-order valence-electron chi connectivity index (χ3n) is 4.01. The second kappa shape index (κ2) is 4.91. The third kappa shape index (κ3) is 2.94. The molecule has 1 aliphatic heterocycles. The number of likely N-dealkylation sites (tertiary alicyclic amines) is 1. The Hall–Kier alpha value is -1.45. The van der Waals surface area contributed by atoms with Crippen molar-refractivity contribution >= 4 is 10.9 Å². The van der Waals surface area contributed by atoms with Crippen molar-refractivity contribution in [1.29, 1.82) is 0 Å². The van der Waals surface area contributed by atoms with Crippen LogP contribution in [0.1, 0.15) is 25.3 Å². The van der Waals surface area contributed by atoms with Gasteiger partial charge in [0.2, 0.25) is 0 Å². The van der Waals surface area contributed by atoms with Gasteiger partial charge in [0.05, 0.1) is 11.1 Å². The maximum Gasteiger partial charge on any atom is 0.0702 e. The molecule has 0 atom stereocenters. The first kappa shape index (κ1) is 12.6. The lowest BCUT2D eigenvalue weighted by Crippen LogP contribution is -2.41. The molecule has 0 saturated carbocycles. The van der Waals surface area contributed by atoms with Gasteiger partial charge in [0.1, 0.15) is 0 Å². The molecule has 0 aliphatic carbocycles. The number of hydrogen-bond acceptors (Lipinski definition) is 3. The molecule has 1 aromatic heterocycles. The Kier molecular flexibility index (Phi) is 3.25. The second-order valence-electron chi connectivity index (χ2n) is 5.80. The molecule has 0 bridgehead atoms. The summed E-state index contributed by atoms with van der Waals surface area (Å²) in [5.74, 6) is 0. The van der Waals surface area contributed by atoms with Gasteiger partial charge in [0.25, 0.3) is 0 Å². The van der Waals surface area contributed by atoms with E-state index in [0.717, 1.165) is 38.0 Å². The molecule has 2 heterocycles. The van der Waals surface area contributed by atoms with Crippen LogP contribution >= 0.6 is 0 Å². The van der Waals surface area contributed by atoms with Crippen LogP contribution < -0.4 is 0 Å². The maximum atomic E-state index is 9.96. The van der Waals surface area contributed by atoms with E-state index in [-0.39, 0.29) is 0 Å². The van der Waals surface area contributed by atoms with Crippen LogP contribution in [0.5, 0.6) is 0 Å². The zero-order valence-corrected chi connectivity index (χ0v) is 11.3. The van der Waals surface area contributed by atoms with E-state index in [1.165, 1.54) is 10.9 Å². The molecule has 2 aromatic rings. The summed E-state index contributed by atoms with van der Waals surface area (Å²) < 4.78 is 0. The molecule has 1 N–H and O–H groups in total. The minimum absolute atomic E-state index is 0.468. The zero-order chi connectivity index (χ0) is 13.3. The first-order valence-electron chi connectivity index (χ1n) is 6.91. The monoisotopic (exact) mass is 256 g/mol. The molecule has 3 rings (SSSR count). The van der Waals surface area contributed by atoms with Crippen molar-refractivity contribution in [3.8, 4) is 0 Å². The highest BCUT2D eigenvalue weighted by molar-refractivity contribution is 5.78. The van der Waals surface area contributed by atoms with Crippen molar-refractivity contribution in [2.24, 2.45) is 0 Å². The number of hydrogen-bond donors (Lipinski definition) is 1. The molecule has 1 aliphatic rings. The number of aromatic nitrogens is 1. The van der Waals surface area contributed by atoms with Crippen molar-refractivity contribution in [1.82, 2.24) is 9.88 Å². The minimum Gasteiger partial charge on any atom is -0.390 e. The highest BCUT2D eigenvalue weighted by Gasteiger charge is 2.27. The highest BCUT2D eigenvalue weighted by Crippen LogP contribution is 2.23. The van der Waals surface area contributed by atoms with E-state index in [0.29, 0.717) is 0 Å². The number of fused-ring (bicyclic) bond motifs is 1. The van der Waals surface area contributed by atoms with Gasteiger partial charge in [-0.25, -0.2) is 0 Å². The van der Waals surface area contributed by atoms with E-state index < -0.39 is 5.60 Å². The van der Waals surface area contributed by atoms with Gasteiger partial charge in [-0.05, 0) is 43.5 Å². The number of pyridine rings is 1. The van der Waals surface area contributed by atoms with Gasteiger partial charge in [0, 0.05) is 31.2 Å². The Morgan fingerprint density at radius 2 is 2.05 bits per heavy atom. The van der Waals surface area contributed by atoms with E-state index >= 15 is 0 Å². The molecule has 1 saturated heterocycles. The SMILES string of the molecule is CC1(O)CCN(Cc2ccc3ncccc3c2)CC1. The van der Waals surface area contributed by atoms with Crippen LogP contribution in [0.15, 0.2) is 36.5 Å². The first-order chi connectivity index (χ1) is 9.12. The van der Waals surface area contributed by atoms with Crippen molar-refractivity contribution in [3.05, 3.63) is 42.1 Å². The Morgan fingerprint density at radius 1 is 1.26 bits per heavy atom. The van der Waals surface area contributed by atoms with Gasteiger partial charge in [0.15, 0.2) is 0 Å². The van der Waals surface area contributed by atoms with E-state index in [2.05, 4.69) is 34.1 Å². The molecule has 3 nitrogen and oxygen atoms in total. The molecule has 0 radical (unpaired) electrons. The quantitative estimate of drug-likeness (QED) is 0.897. The third-order valence-corrected chi connectivity index (χ3v) is 4.01. The molecule has 0 spiro atoms. The predicted octanol–water partition coefficient (Wildman–Crippen LogP) is 2.58. The molecule has 1 fully saturated rings. The van der Waals surface area contributed by atoms with Crippen LogP contribution in [-0.2, 0) is 6.54 Å². The summed E-state index contributed by atoms with van der Waals surface area (Å²) in [5, 5.41) is 11.2. The van der Waals surface area contributed by atoms with Crippen LogP contribution in [0.4, 0.5) is 0 Å². The van der Waals surface area contributed by atoms with Gasteiger partial charge in [-0.3, -0.25) is 9.88 Å². The molecule has 3 heteroatoms. The standard InChI is InChI=1S/C16H20N2O/c1-16(19)6-9-18(10-7-16)12-13-4-5-15-14(11-13)3-2-8-17-15/h2-5,8,11,19H,6-7,9-10,12H2,1H3. The number of benzene rings is 1. The minimum atomic E-state index is -0.468. The van der Waals surface area contributed by atoms with Crippen LogP contribution in [-0.4, -0.2) is 33.7 Å². The summed E-state index contributed by atoms with van der Waals surface area (Å²) >= 11 is 0. The number of aliphatic hydroxyl groups is 1. The van der Waals surface area contributed by atoms with E-state index in [1.807, 2.05) is 19.2 Å². The van der Waals surface area contributed by atoms with E-state index in [4.69, 9.17) is 0 Å². The Morgan fingerprint density at radius 3 is 2.84 bits per heavy atom. The van der Waals surface area contributed by atoms with Gasteiger partial charge in [-0.15, -0.1) is 0 Å². The summed E-state index contributed by atoms with van der Waals surface area (Å²) in [7, 11) is 0. The van der Waals surface area contributed by atoms with Crippen LogP contribution in [0.25, 0.3) is 10.9 Å². The van der Waals surface area contributed by atoms with Gasteiger partial charge in [-0.1, -0.05) is 12.1 Å². The highest BCUT2D eigenvalue weighted by atomic mass is 16.3. The lowest BCUT2D eigenvalue weighted by Gasteiger charge is -2.35. The molecular formula is C16H20N2O. The molecule has 0 amide bonds. The molecule has 1 aromatic carbocycles. The lowest BCUT2D eigenvalue weighted by molar-refractivity contribution is -0.00729. The molecule has 100 valence electrons. The Labute approximate surface area is 113 Å². The maximum absolute atomic E-state index is 9.96. The van der Waals surface area contributed by atoms with E-state index in [1.54, 1.807) is 0 Å². The Bertz CT molecular complexity index is 570. The number of piperidine rings is 1. The predicted molar refractivity (Wildman–Crippen MR) is 76.9 cm³/mol. The summed E-state index contributed by atoms with van der Waals surface area (Å²) in [5.41, 5.74) is 1.90. The van der Waals surface area contributed by atoms with Crippen molar-refractivity contribution in [2.75, 3.05) is 13.1 Å². The molecule has 19 heavy (non-hydrogen) atoms. The summed E-state index contributed by atoms with van der Waals surface area (Å²) in [6.45, 7) is 4.84. The van der Waals surface area contributed by atoms with Crippen molar-refractivity contribution < 1.29 is 5.11 Å². The normalized spacial score (nSPS) is 19.7. The fraction of sp³-hybridized carbons (Fsp3) is 0.438. The van der Waals surface area contributed by atoms with E-state index in [9.17, 15) is 5.11 Å². The van der Waals surface area contributed by atoms with Crippen LogP contribution in [0, 0.1) is 0 Å². The topological polar surface area (TPSA) is 36.4 Å².